The molecule has 0 aliphatic rings. The van der Waals surface area contributed by atoms with Gasteiger partial charge in [0, 0.05) is 41.7 Å². The van der Waals surface area contributed by atoms with E-state index in [1.807, 2.05) is 53.8 Å². The zero-order valence-corrected chi connectivity index (χ0v) is 29.1. The Kier molecular flexibility index (Phi) is 5.80. The van der Waals surface area contributed by atoms with Gasteiger partial charge in [0.05, 0.1) is 27.3 Å². The van der Waals surface area contributed by atoms with Crippen LogP contribution in [0.2, 0.25) is 0 Å². The zero-order valence-electron chi connectivity index (χ0n) is 28.3. The Morgan fingerprint density at radius 1 is 0.377 bits per heavy atom. The van der Waals surface area contributed by atoms with E-state index in [0.29, 0.717) is 21.9 Å². The first-order valence-corrected chi connectivity index (χ1v) is 18.7. The van der Waals surface area contributed by atoms with E-state index in [-0.39, 0.29) is 5.43 Å². The standard InChI is InChI=1S/C49H27NO2S/c51-49-38-10-2-4-14-44(38)52-45-27-33(16-20-39(45)49)31-18-22-47-41(25-31)40-24-30(17-21-46(40)53-47)28-7-5-8-29(23-28)32-15-19-35-37-12-6-11-36-34-9-1-3-13-42(34)50(48(36)37)43(35)26-32/h1-27H. The lowest BCUT2D eigenvalue weighted by Crippen LogP contribution is -2.01. The molecule has 4 heteroatoms. The summed E-state index contributed by atoms with van der Waals surface area (Å²) in [6, 6.07) is 58.1. The molecule has 53 heavy (non-hydrogen) atoms. The van der Waals surface area contributed by atoms with Crippen molar-refractivity contribution in [1.82, 2.24) is 4.40 Å². The van der Waals surface area contributed by atoms with Crippen molar-refractivity contribution < 1.29 is 4.42 Å². The highest BCUT2D eigenvalue weighted by atomic mass is 32.1. The van der Waals surface area contributed by atoms with Gasteiger partial charge in [-0.1, -0.05) is 97.1 Å². The summed E-state index contributed by atoms with van der Waals surface area (Å²) in [5, 5.41) is 8.86. The molecular weight excluding hydrogens is 667 g/mol. The molecule has 4 aromatic heterocycles. The van der Waals surface area contributed by atoms with Crippen molar-refractivity contribution in [2.24, 2.45) is 0 Å². The third-order valence-electron chi connectivity index (χ3n) is 11.1. The number of nitrogens with zero attached hydrogens (tertiary/aromatic N) is 1. The van der Waals surface area contributed by atoms with Gasteiger partial charge in [-0.2, -0.15) is 0 Å². The molecule has 0 spiro atoms. The number of thiophene rings is 1. The first-order valence-electron chi connectivity index (χ1n) is 17.9. The Morgan fingerprint density at radius 2 is 0.906 bits per heavy atom. The van der Waals surface area contributed by atoms with Crippen LogP contribution in [0.25, 0.3) is 114 Å². The Bertz CT molecular complexity index is 3550. The summed E-state index contributed by atoms with van der Waals surface area (Å²) < 4.78 is 11.2. The topological polar surface area (TPSA) is 34.6 Å². The minimum Gasteiger partial charge on any atom is -0.456 e. The van der Waals surface area contributed by atoms with E-state index in [1.54, 1.807) is 0 Å². The molecule has 0 aliphatic heterocycles. The van der Waals surface area contributed by atoms with Crippen LogP contribution < -0.4 is 5.43 Å². The fourth-order valence-electron chi connectivity index (χ4n) is 8.61. The largest absolute Gasteiger partial charge is 0.456 e. The molecule has 246 valence electrons. The molecule has 3 nitrogen and oxygen atoms in total. The van der Waals surface area contributed by atoms with Gasteiger partial charge < -0.3 is 8.82 Å². The van der Waals surface area contributed by atoms with E-state index in [2.05, 4.69) is 126 Å². The highest BCUT2D eigenvalue weighted by Crippen LogP contribution is 2.42. The maximum atomic E-state index is 13.2. The average Bonchev–Trinajstić information content (AvgIpc) is 3.87. The number of aromatic nitrogens is 1. The van der Waals surface area contributed by atoms with Crippen LogP contribution in [0.1, 0.15) is 0 Å². The number of hydrogen-bond donors (Lipinski definition) is 0. The lowest BCUT2D eigenvalue weighted by molar-refractivity contribution is 0.660. The van der Waals surface area contributed by atoms with E-state index in [9.17, 15) is 4.79 Å². The molecule has 0 N–H and O–H groups in total. The van der Waals surface area contributed by atoms with Crippen molar-refractivity contribution >= 4 is 91.5 Å². The molecular formula is C49H27NO2S. The monoisotopic (exact) mass is 693 g/mol. The summed E-state index contributed by atoms with van der Waals surface area (Å²) in [4.78, 5) is 13.2. The number of hydrogen-bond acceptors (Lipinski definition) is 3. The summed E-state index contributed by atoms with van der Waals surface area (Å²) in [6.45, 7) is 0. The molecule has 0 saturated carbocycles. The normalized spacial score (nSPS) is 12.2. The van der Waals surface area contributed by atoms with Crippen molar-refractivity contribution in [3.8, 4) is 33.4 Å². The third-order valence-corrected chi connectivity index (χ3v) is 12.3. The Labute approximate surface area is 306 Å². The number of rotatable bonds is 3. The van der Waals surface area contributed by atoms with Crippen molar-refractivity contribution in [2.45, 2.75) is 0 Å². The van der Waals surface area contributed by atoms with Crippen LogP contribution in [-0.2, 0) is 0 Å². The molecule has 0 aliphatic carbocycles. The van der Waals surface area contributed by atoms with Gasteiger partial charge in [-0.05, 0) is 100 Å². The summed E-state index contributed by atoms with van der Waals surface area (Å²) in [7, 11) is 0. The van der Waals surface area contributed by atoms with Gasteiger partial charge in [-0.25, -0.2) is 0 Å². The summed E-state index contributed by atoms with van der Waals surface area (Å²) in [6.07, 6.45) is 0. The van der Waals surface area contributed by atoms with E-state index < -0.39 is 0 Å². The molecule has 0 saturated heterocycles. The van der Waals surface area contributed by atoms with E-state index in [4.69, 9.17) is 4.42 Å². The molecule has 4 heterocycles. The second kappa shape index (κ2) is 10.6. The summed E-state index contributed by atoms with van der Waals surface area (Å²) >= 11 is 1.82. The Morgan fingerprint density at radius 3 is 1.66 bits per heavy atom. The zero-order chi connectivity index (χ0) is 34.8. The van der Waals surface area contributed by atoms with Crippen molar-refractivity contribution in [3.63, 3.8) is 0 Å². The van der Waals surface area contributed by atoms with Crippen LogP contribution in [-0.4, -0.2) is 4.40 Å². The minimum atomic E-state index is 0.00183. The van der Waals surface area contributed by atoms with Gasteiger partial charge >= 0.3 is 0 Å². The molecule has 0 radical (unpaired) electrons. The SMILES string of the molecule is O=c1c2ccccc2oc2cc(-c3ccc4sc5ccc(-c6cccc(-c7ccc8c9cccc%10c%11ccccc%11n(c8c7)c%109)c6)cc5c4c3)ccc12. The maximum Gasteiger partial charge on any atom is 0.200 e. The van der Waals surface area contributed by atoms with Gasteiger partial charge in [0.1, 0.15) is 11.2 Å². The fraction of sp³-hybridized carbons (Fsp3) is 0. The highest BCUT2D eigenvalue weighted by molar-refractivity contribution is 7.25. The predicted octanol–water partition coefficient (Wildman–Crippen LogP) is 13.5. The van der Waals surface area contributed by atoms with Crippen molar-refractivity contribution in [1.29, 1.82) is 0 Å². The molecule has 0 atom stereocenters. The lowest BCUT2D eigenvalue weighted by Gasteiger charge is -2.08. The minimum absolute atomic E-state index is 0.00183. The van der Waals surface area contributed by atoms with E-state index >= 15 is 0 Å². The molecule has 0 unspecified atom stereocenters. The van der Waals surface area contributed by atoms with Gasteiger partial charge in [0.25, 0.3) is 0 Å². The fourth-order valence-corrected chi connectivity index (χ4v) is 9.67. The van der Waals surface area contributed by atoms with Crippen LogP contribution in [0.4, 0.5) is 0 Å². The second-order valence-corrected chi connectivity index (χ2v) is 15.1. The van der Waals surface area contributed by atoms with Crippen LogP contribution in [0, 0.1) is 0 Å². The van der Waals surface area contributed by atoms with Gasteiger partial charge in [-0.15, -0.1) is 11.3 Å². The third kappa shape index (κ3) is 4.12. The van der Waals surface area contributed by atoms with Crippen LogP contribution in [0.3, 0.4) is 0 Å². The molecule has 12 aromatic rings. The summed E-state index contributed by atoms with van der Waals surface area (Å²) in [5.41, 5.74) is 11.9. The molecule has 0 amide bonds. The molecule has 0 fully saturated rings. The summed E-state index contributed by atoms with van der Waals surface area (Å²) in [5.74, 6) is 0. The molecule has 8 aromatic carbocycles. The maximum absolute atomic E-state index is 13.2. The van der Waals surface area contributed by atoms with Crippen molar-refractivity contribution in [2.75, 3.05) is 0 Å². The quantitative estimate of drug-likeness (QED) is 0.173. The average molecular weight is 694 g/mol. The number of para-hydroxylation sites is 3. The van der Waals surface area contributed by atoms with Gasteiger partial charge in [0.15, 0.2) is 0 Å². The molecule has 12 rings (SSSR count). The molecule has 0 bridgehead atoms. The van der Waals surface area contributed by atoms with E-state index in [0.717, 1.165) is 11.1 Å². The van der Waals surface area contributed by atoms with Crippen LogP contribution in [0.15, 0.2) is 173 Å². The Hall–Kier alpha value is -6.75. The van der Waals surface area contributed by atoms with Gasteiger partial charge in [-0.3, -0.25) is 4.79 Å². The Balaban J connectivity index is 0.961. The highest BCUT2D eigenvalue weighted by Gasteiger charge is 2.18. The smallest absolute Gasteiger partial charge is 0.200 e. The predicted molar refractivity (Wildman–Crippen MR) is 224 cm³/mol. The first kappa shape index (κ1) is 28.9. The van der Waals surface area contributed by atoms with E-state index in [1.165, 1.54) is 80.5 Å². The van der Waals surface area contributed by atoms with Crippen LogP contribution in [0.5, 0.6) is 0 Å². The lowest BCUT2D eigenvalue weighted by atomic mass is 9.96. The van der Waals surface area contributed by atoms with Gasteiger partial charge in [0.2, 0.25) is 5.43 Å². The van der Waals surface area contributed by atoms with Crippen LogP contribution >= 0.6 is 11.3 Å². The number of benzene rings is 8. The number of fused-ring (bicyclic) bond motifs is 11. The first-order chi connectivity index (χ1) is 26.2. The van der Waals surface area contributed by atoms with Crippen molar-refractivity contribution in [3.05, 3.63) is 174 Å². The second-order valence-electron chi connectivity index (χ2n) is 14.0.